The second kappa shape index (κ2) is 7.52. The van der Waals surface area contributed by atoms with Gasteiger partial charge in [0.25, 0.3) is 5.91 Å². The summed E-state index contributed by atoms with van der Waals surface area (Å²) in [6.07, 6.45) is 1.89. The lowest BCUT2D eigenvalue weighted by Gasteiger charge is -2.22. The van der Waals surface area contributed by atoms with Crippen molar-refractivity contribution < 1.29 is 9.18 Å². The van der Waals surface area contributed by atoms with Crippen LogP contribution < -0.4 is 5.73 Å². The van der Waals surface area contributed by atoms with Gasteiger partial charge >= 0.3 is 0 Å². The average Bonchev–Trinajstić information content (AvgIpc) is 2.70. The van der Waals surface area contributed by atoms with E-state index >= 15 is 0 Å². The van der Waals surface area contributed by atoms with E-state index < -0.39 is 5.82 Å². The van der Waals surface area contributed by atoms with Crippen molar-refractivity contribution in [1.29, 1.82) is 0 Å². The zero-order valence-electron chi connectivity index (χ0n) is 12.6. The predicted molar refractivity (Wildman–Crippen MR) is 81.8 cm³/mol. The molecule has 1 heterocycles. The van der Waals surface area contributed by atoms with E-state index in [4.69, 9.17) is 5.73 Å². The maximum atomic E-state index is 13.9. The lowest BCUT2D eigenvalue weighted by molar-refractivity contribution is 0.0756. The Morgan fingerprint density at radius 1 is 1.29 bits per heavy atom. The Hall–Kier alpha value is -1.46. The molecule has 1 amide bonds. The maximum absolute atomic E-state index is 13.9. The summed E-state index contributed by atoms with van der Waals surface area (Å²) in [4.78, 5) is 16.5. The first-order valence-electron chi connectivity index (χ1n) is 7.59. The quantitative estimate of drug-likeness (QED) is 0.918. The normalized spacial score (nSPS) is 16.8. The van der Waals surface area contributed by atoms with E-state index in [0.717, 1.165) is 38.0 Å². The van der Waals surface area contributed by atoms with Gasteiger partial charge in [0, 0.05) is 19.6 Å². The van der Waals surface area contributed by atoms with E-state index in [9.17, 15) is 9.18 Å². The fourth-order valence-electron chi connectivity index (χ4n) is 2.68. The van der Waals surface area contributed by atoms with Gasteiger partial charge in [0.15, 0.2) is 0 Å². The summed E-state index contributed by atoms with van der Waals surface area (Å²) in [5.41, 5.74) is 6.54. The molecule has 5 heteroatoms. The molecule has 1 fully saturated rings. The first-order valence-corrected chi connectivity index (χ1v) is 7.59. The van der Waals surface area contributed by atoms with Crippen LogP contribution in [0, 0.1) is 12.7 Å². The number of halogens is 1. The third-order valence-corrected chi connectivity index (χ3v) is 3.91. The van der Waals surface area contributed by atoms with Gasteiger partial charge < -0.3 is 15.5 Å². The van der Waals surface area contributed by atoms with Crippen LogP contribution in [0.1, 0.15) is 28.8 Å². The minimum absolute atomic E-state index is 0.177. The molecule has 4 nitrogen and oxygen atoms in total. The summed E-state index contributed by atoms with van der Waals surface area (Å²) in [7, 11) is 0. The van der Waals surface area contributed by atoms with Crippen molar-refractivity contribution in [3.63, 3.8) is 0 Å². The van der Waals surface area contributed by atoms with Crippen LogP contribution in [0.25, 0.3) is 0 Å². The van der Waals surface area contributed by atoms with Crippen molar-refractivity contribution >= 4 is 5.91 Å². The van der Waals surface area contributed by atoms with E-state index in [1.165, 1.54) is 6.07 Å². The zero-order valence-corrected chi connectivity index (χ0v) is 12.6. The highest BCUT2D eigenvalue weighted by Gasteiger charge is 2.22. The number of hydrogen-bond donors (Lipinski definition) is 1. The fraction of sp³-hybridized carbons (Fsp3) is 0.562. The van der Waals surface area contributed by atoms with E-state index in [1.807, 2.05) is 6.92 Å². The van der Waals surface area contributed by atoms with Crippen molar-refractivity contribution in [3.8, 4) is 0 Å². The minimum atomic E-state index is -0.427. The highest BCUT2D eigenvalue weighted by Crippen LogP contribution is 2.14. The largest absolute Gasteiger partial charge is 0.337 e. The molecule has 21 heavy (non-hydrogen) atoms. The summed E-state index contributed by atoms with van der Waals surface area (Å²) in [6, 6.07) is 4.78. The summed E-state index contributed by atoms with van der Waals surface area (Å²) in [5.74, 6) is -0.627. The van der Waals surface area contributed by atoms with Gasteiger partial charge in [-0.25, -0.2) is 4.39 Å². The molecule has 1 aromatic rings. The van der Waals surface area contributed by atoms with E-state index in [-0.39, 0.29) is 11.5 Å². The molecule has 0 bridgehead atoms. The van der Waals surface area contributed by atoms with Crippen molar-refractivity contribution in [1.82, 2.24) is 9.80 Å². The molecule has 1 aliphatic rings. The molecule has 1 aromatic carbocycles. The van der Waals surface area contributed by atoms with E-state index in [2.05, 4.69) is 4.90 Å². The Kier molecular flexibility index (Phi) is 5.70. The first kappa shape index (κ1) is 15.9. The lowest BCUT2D eigenvalue weighted by atomic mass is 10.1. The standard InChI is InChI=1S/C16H24FN3O/c1-13-4-5-14(15(17)12-13)16(21)20-9-3-8-19(10-11-20)7-2-6-18/h4-5,12H,2-3,6-11,18H2,1H3. The SMILES string of the molecule is Cc1ccc(C(=O)N2CCCN(CCCN)CC2)c(F)c1. The lowest BCUT2D eigenvalue weighted by Crippen LogP contribution is -2.36. The van der Waals surface area contributed by atoms with Crippen molar-refractivity contribution in [2.24, 2.45) is 5.73 Å². The van der Waals surface area contributed by atoms with Gasteiger partial charge in [0.05, 0.1) is 5.56 Å². The van der Waals surface area contributed by atoms with Crippen molar-refractivity contribution in [2.75, 3.05) is 39.3 Å². The molecular formula is C16H24FN3O. The monoisotopic (exact) mass is 293 g/mol. The fourth-order valence-corrected chi connectivity index (χ4v) is 2.68. The van der Waals surface area contributed by atoms with Gasteiger partial charge in [0.2, 0.25) is 0 Å². The number of carbonyl (C=O) groups excluding carboxylic acids is 1. The average molecular weight is 293 g/mol. The number of nitrogens with zero attached hydrogens (tertiary/aromatic N) is 2. The molecule has 0 saturated carbocycles. The zero-order chi connectivity index (χ0) is 15.2. The number of benzene rings is 1. The number of nitrogens with two attached hydrogens (primary N) is 1. The van der Waals surface area contributed by atoms with Crippen LogP contribution >= 0.6 is 0 Å². The Morgan fingerprint density at radius 2 is 2.10 bits per heavy atom. The molecule has 0 aliphatic carbocycles. The van der Waals surface area contributed by atoms with Gasteiger partial charge in [-0.05, 0) is 57.1 Å². The maximum Gasteiger partial charge on any atom is 0.256 e. The highest BCUT2D eigenvalue weighted by atomic mass is 19.1. The van der Waals surface area contributed by atoms with Crippen LogP contribution in [0.15, 0.2) is 18.2 Å². The number of hydrogen-bond acceptors (Lipinski definition) is 3. The van der Waals surface area contributed by atoms with Crippen molar-refractivity contribution in [3.05, 3.63) is 35.1 Å². The predicted octanol–water partition coefficient (Wildman–Crippen LogP) is 1.63. The molecule has 2 rings (SSSR count). The van der Waals surface area contributed by atoms with Crippen LogP contribution in [0.4, 0.5) is 4.39 Å². The molecule has 0 radical (unpaired) electrons. The Morgan fingerprint density at radius 3 is 2.81 bits per heavy atom. The molecule has 1 saturated heterocycles. The number of rotatable bonds is 4. The third-order valence-electron chi connectivity index (χ3n) is 3.91. The topological polar surface area (TPSA) is 49.6 Å². The molecule has 0 aromatic heterocycles. The molecule has 116 valence electrons. The summed E-state index contributed by atoms with van der Waals surface area (Å²) < 4.78 is 13.9. The number of carbonyl (C=O) groups is 1. The summed E-state index contributed by atoms with van der Waals surface area (Å²) >= 11 is 0. The van der Waals surface area contributed by atoms with Crippen LogP contribution in [-0.4, -0.2) is 55.0 Å². The van der Waals surface area contributed by atoms with Gasteiger partial charge in [-0.1, -0.05) is 6.07 Å². The van der Waals surface area contributed by atoms with E-state index in [0.29, 0.717) is 19.6 Å². The summed E-state index contributed by atoms with van der Waals surface area (Å²) in [6.45, 7) is 6.62. The van der Waals surface area contributed by atoms with Gasteiger partial charge in [-0.3, -0.25) is 4.79 Å². The first-order chi connectivity index (χ1) is 10.1. The Bertz CT molecular complexity index is 492. The third kappa shape index (κ3) is 4.25. The molecule has 0 unspecified atom stereocenters. The Labute approximate surface area is 125 Å². The second-order valence-electron chi connectivity index (χ2n) is 5.61. The van der Waals surface area contributed by atoms with Crippen LogP contribution in [0.5, 0.6) is 0 Å². The number of aryl methyl sites for hydroxylation is 1. The molecule has 0 spiro atoms. The van der Waals surface area contributed by atoms with Gasteiger partial charge in [-0.2, -0.15) is 0 Å². The van der Waals surface area contributed by atoms with Gasteiger partial charge in [-0.15, -0.1) is 0 Å². The van der Waals surface area contributed by atoms with E-state index in [1.54, 1.807) is 17.0 Å². The number of amides is 1. The van der Waals surface area contributed by atoms with Crippen LogP contribution in [0.3, 0.4) is 0 Å². The minimum Gasteiger partial charge on any atom is -0.337 e. The highest BCUT2D eigenvalue weighted by molar-refractivity contribution is 5.94. The second-order valence-corrected chi connectivity index (χ2v) is 5.61. The van der Waals surface area contributed by atoms with Crippen molar-refractivity contribution in [2.45, 2.75) is 19.8 Å². The smallest absolute Gasteiger partial charge is 0.256 e. The van der Waals surface area contributed by atoms with Crippen LogP contribution in [-0.2, 0) is 0 Å². The Balaban J connectivity index is 1.99. The van der Waals surface area contributed by atoms with Gasteiger partial charge in [0.1, 0.15) is 5.82 Å². The van der Waals surface area contributed by atoms with Crippen LogP contribution in [0.2, 0.25) is 0 Å². The molecule has 0 atom stereocenters. The molecular weight excluding hydrogens is 269 g/mol. The molecule has 1 aliphatic heterocycles. The summed E-state index contributed by atoms with van der Waals surface area (Å²) in [5, 5.41) is 0. The molecule has 2 N–H and O–H groups in total.